The highest BCUT2D eigenvalue weighted by atomic mass is 32.1. The number of phenolic OH excluding ortho intramolecular Hbond substituents is 1. The lowest BCUT2D eigenvalue weighted by molar-refractivity contribution is -0.169. The van der Waals surface area contributed by atoms with Gasteiger partial charge in [-0.1, -0.05) is 36.4 Å². The van der Waals surface area contributed by atoms with Gasteiger partial charge in [-0.2, -0.15) is 0 Å². The van der Waals surface area contributed by atoms with E-state index in [1.165, 1.54) is 7.11 Å². The van der Waals surface area contributed by atoms with Crippen LogP contribution in [-0.4, -0.2) is 29.0 Å². The molecule has 0 aliphatic carbocycles. The molecular formula is C23H30N2O4S. The number of aromatic hydroxyl groups is 1. The molecule has 0 unspecified atom stereocenters. The molecule has 3 N–H and O–H groups in total. The Bertz CT molecular complexity index is 881. The van der Waals surface area contributed by atoms with Crippen LogP contribution in [0.25, 0.3) is 0 Å². The number of hydrogen-bond acceptors (Lipinski definition) is 5. The standard InChI is InChI=1S/C23H30N2O4S/c1-22(2,3)20(27)29-23(4,14-16-9-7-6-8-10-16)25-21(30)24-15-17-11-12-18(26)19(13-17)28-5/h6-13,26H,14-15H2,1-5H3,(H2,24,25,30)/t23-/m0/s1. The maximum Gasteiger partial charge on any atom is 0.313 e. The van der Waals surface area contributed by atoms with E-state index in [1.807, 2.05) is 51.1 Å². The fourth-order valence-corrected chi connectivity index (χ4v) is 3.04. The van der Waals surface area contributed by atoms with Gasteiger partial charge in [0.25, 0.3) is 0 Å². The molecule has 162 valence electrons. The van der Waals surface area contributed by atoms with Gasteiger partial charge in [0.15, 0.2) is 22.3 Å². The third kappa shape index (κ3) is 6.91. The number of phenols is 1. The number of ether oxygens (including phenoxy) is 2. The van der Waals surface area contributed by atoms with E-state index in [9.17, 15) is 9.90 Å². The van der Waals surface area contributed by atoms with Gasteiger partial charge in [0.2, 0.25) is 0 Å². The van der Waals surface area contributed by atoms with Crippen molar-refractivity contribution in [2.24, 2.45) is 5.41 Å². The van der Waals surface area contributed by atoms with Crippen LogP contribution >= 0.6 is 12.2 Å². The zero-order valence-corrected chi connectivity index (χ0v) is 18.9. The Kier molecular flexibility index (Phi) is 7.67. The molecule has 0 radical (unpaired) electrons. The predicted octanol–water partition coefficient (Wildman–Crippen LogP) is 3.91. The van der Waals surface area contributed by atoms with Crippen molar-refractivity contribution in [3.63, 3.8) is 0 Å². The normalized spacial score (nSPS) is 13.1. The highest BCUT2D eigenvalue weighted by Gasteiger charge is 2.34. The van der Waals surface area contributed by atoms with Crippen molar-refractivity contribution < 1.29 is 19.4 Å². The molecule has 2 rings (SSSR count). The summed E-state index contributed by atoms with van der Waals surface area (Å²) in [4.78, 5) is 12.6. The van der Waals surface area contributed by atoms with Gasteiger partial charge in [0.1, 0.15) is 0 Å². The molecule has 0 saturated carbocycles. The molecule has 1 atom stereocenters. The smallest absolute Gasteiger partial charge is 0.313 e. The summed E-state index contributed by atoms with van der Waals surface area (Å²) >= 11 is 5.46. The van der Waals surface area contributed by atoms with Crippen molar-refractivity contribution >= 4 is 23.3 Å². The first-order valence-electron chi connectivity index (χ1n) is 9.72. The zero-order valence-electron chi connectivity index (χ0n) is 18.1. The molecule has 0 amide bonds. The van der Waals surface area contributed by atoms with E-state index >= 15 is 0 Å². The van der Waals surface area contributed by atoms with E-state index in [-0.39, 0.29) is 11.7 Å². The number of rotatable bonds is 7. The summed E-state index contributed by atoms with van der Waals surface area (Å²) in [5, 5.41) is 16.3. The van der Waals surface area contributed by atoms with Gasteiger partial charge in [-0.25, -0.2) is 0 Å². The van der Waals surface area contributed by atoms with E-state index in [1.54, 1.807) is 25.1 Å². The minimum absolute atomic E-state index is 0.0754. The van der Waals surface area contributed by atoms with E-state index < -0.39 is 11.1 Å². The number of benzene rings is 2. The second-order valence-electron chi connectivity index (χ2n) is 8.35. The third-order valence-corrected chi connectivity index (χ3v) is 4.64. The van der Waals surface area contributed by atoms with E-state index in [4.69, 9.17) is 21.7 Å². The summed E-state index contributed by atoms with van der Waals surface area (Å²) in [7, 11) is 1.50. The summed E-state index contributed by atoms with van der Waals surface area (Å²) in [6.07, 6.45) is 0.449. The van der Waals surface area contributed by atoms with Crippen LogP contribution in [0.4, 0.5) is 0 Å². The predicted molar refractivity (Wildman–Crippen MR) is 121 cm³/mol. The Labute approximate surface area is 183 Å². The van der Waals surface area contributed by atoms with Crippen molar-refractivity contribution in [2.75, 3.05) is 7.11 Å². The SMILES string of the molecule is COc1cc(CNC(=S)N[C@](C)(Cc2ccccc2)OC(=O)C(C)(C)C)ccc1O. The summed E-state index contributed by atoms with van der Waals surface area (Å²) in [6.45, 7) is 7.66. The van der Waals surface area contributed by atoms with Crippen LogP contribution in [0.1, 0.15) is 38.8 Å². The van der Waals surface area contributed by atoms with Crippen LogP contribution < -0.4 is 15.4 Å². The molecule has 6 nitrogen and oxygen atoms in total. The van der Waals surface area contributed by atoms with Crippen molar-refractivity contribution in [1.82, 2.24) is 10.6 Å². The summed E-state index contributed by atoms with van der Waals surface area (Å²) in [5.41, 5.74) is 0.227. The van der Waals surface area contributed by atoms with Crippen LogP contribution in [0.5, 0.6) is 11.5 Å². The molecule has 0 saturated heterocycles. The molecule has 30 heavy (non-hydrogen) atoms. The second kappa shape index (κ2) is 9.80. The Morgan fingerprint density at radius 3 is 2.33 bits per heavy atom. The number of nitrogens with one attached hydrogen (secondary N) is 2. The molecule has 0 fully saturated rings. The van der Waals surface area contributed by atoms with E-state index in [0.717, 1.165) is 11.1 Å². The van der Waals surface area contributed by atoms with Crippen LogP contribution in [-0.2, 0) is 22.5 Å². The number of hydrogen-bond donors (Lipinski definition) is 3. The minimum Gasteiger partial charge on any atom is -0.504 e. The fourth-order valence-electron chi connectivity index (χ4n) is 2.75. The van der Waals surface area contributed by atoms with Gasteiger partial charge in [0, 0.05) is 13.0 Å². The lowest BCUT2D eigenvalue weighted by Crippen LogP contribution is -2.55. The molecule has 7 heteroatoms. The van der Waals surface area contributed by atoms with Gasteiger partial charge in [-0.05, 0) is 63.2 Å². The summed E-state index contributed by atoms with van der Waals surface area (Å²) < 4.78 is 11.0. The molecule has 0 bridgehead atoms. The Hall–Kier alpha value is -2.80. The average molecular weight is 431 g/mol. The molecule has 0 aliphatic heterocycles. The Morgan fingerprint density at radius 1 is 1.07 bits per heavy atom. The number of esters is 1. The maximum atomic E-state index is 12.6. The molecule has 2 aromatic rings. The van der Waals surface area contributed by atoms with Crippen molar-refractivity contribution in [3.8, 4) is 11.5 Å². The quantitative estimate of drug-likeness (QED) is 0.349. The van der Waals surface area contributed by atoms with Crippen molar-refractivity contribution in [2.45, 2.75) is 46.4 Å². The van der Waals surface area contributed by atoms with Crippen LogP contribution in [0, 0.1) is 5.41 Å². The van der Waals surface area contributed by atoms with Crippen LogP contribution in [0.3, 0.4) is 0 Å². The van der Waals surface area contributed by atoms with E-state index in [2.05, 4.69) is 10.6 Å². The lowest BCUT2D eigenvalue weighted by atomic mass is 9.96. The van der Waals surface area contributed by atoms with Gasteiger partial charge < -0.3 is 25.2 Å². The average Bonchev–Trinajstić information content (AvgIpc) is 2.67. The number of carbonyl (C=O) groups excluding carboxylic acids is 1. The van der Waals surface area contributed by atoms with Gasteiger partial charge >= 0.3 is 5.97 Å². The number of methoxy groups -OCH3 is 1. The first-order valence-corrected chi connectivity index (χ1v) is 10.1. The molecule has 0 spiro atoms. The number of carbonyl (C=O) groups is 1. The second-order valence-corrected chi connectivity index (χ2v) is 8.75. The monoisotopic (exact) mass is 430 g/mol. The Balaban J connectivity index is 2.10. The lowest BCUT2D eigenvalue weighted by Gasteiger charge is -2.34. The molecular weight excluding hydrogens is 400 g/mol. The van der Waals surface area contributed by atoms with Gasteiger partial charge in [0.05, 0.1) is 12.5 Å². The maximum absolute atomic E-state index is 12.6. The third-order valence-electron chi connectivity index (χ3n) is 4.39. The highest BCUT2D eigenvalue weighted by molar-refractivity contribution is 7.80. The van der Waals surface area contributed by atoms with Crippen LogP contribution in [0.2, 0.25) is 0 Å². The van der Waals surface area contributed by atoms with E-state index in [0.29, 0.717) is 23.8 Å². The van der Waals surface area contributed by atoms with Crippen LogP contribution in [0.15, 0.2) is 48.5 Å². The molecule has 2 aromatic carbocycles. The first-order chi connectivity index (χ1) is 14.0. The van der Waals surface area contributed by atoms with Crippen molar-refractivity contribution in [3.05, 3.63) is 59.7 Å². The molecule has 0 aromatic heterocycles. The van der Waals surface area contributed by atoms with Crippen molar-refractivity contribution in [1.29, 1.82) is 0 Å². The topological polar surface area (TPSA) is 79.8 Å². The number of thiocarbonyl (C=S) groups is 1. The minimum atomic E-state index is -1.03. The van der Waals surface area contributed by atoms with Gasteiger partial charge in [-0.15, -0.1) is 0 Å². The highest BCUT2D eigenvalue weighted by Crippen LogP contribution is 2.26. The zero-order chi connectivity index (χ0) is 22.4. The van der Waals surface area contributed by atoms with Gasteiger partial charge in [-0.3, -0.25) is 4.79 Å². The largest absolute Gasteiger partial charge is 0.504 e. The molecule has 0 aliphatic rings. The molecule has 0 heterocycles. The summed E-state index contributed by atoms with van der Waals surface area (Å²) in [6, 6.07) is 14.8. The Morgan fingerprint density at radius 2 is 1.73 bits per heavy atom. The fraction of sp³-hybridized carbons (Fsp3) is 0.391. The summed E-state index contributed by atoms with van der Waals surface area (Å²) in [5.74, 6) is 0.146. The first kappa shape index (κ1) is 23.5.